The maximum Gasteiger partial charge on any atom is 0.431 e. The summed E-state index contributed by atoms with van der Waals surface area (Å²) in [6, 6.07) is 1.37. The third-order valence-electron chi connectivity index (χ3n) is 5.23. The Kier molecular flexibility index (Phi) is 7.69. The molecule has 1 fully saturated rings. The molecule has 3 rings (SSSR count). The third-order valence-corrected chi connectivity index (χ3v) is 5.88. The van der Waals surface area contributed by atoms with Crippen LogP contribution in [0.25, 0.3) is 5.69 Å². The van der Waals surface area contributed by atoms with Crippen LogP contribution in [0, 0.1) is 5.82 Å². The van der Waals surface area contributed by atoms with Gasteiger partial charge in [-0.2, -0.15) is 13.2 Å². The maximum absolute atomic E-state index is 14.7. The summed E-state index contributed by atoms with van der Waals surface area (Å²) in [6.45, 7) is 0.149. The fraction of sp³-hybridized carbons (Fsp3) is 0.400. The minimum atomic E-state index is -4.97. The molecule has 2 amide bonds. The number of urea groups is 1. The average molecular weight is 567 g/mol. The van der Waals surface area contributed by atoms with Gasteiger partial charge in [-0.1, -0.05) is 0 Å². The number of hydrogen-bond acceptors (Lipinski definition) is 6. The Labute approximate surface area is 203 Å². The predicted molar refractivity (Wildman–Crippen MR) is 117 cm³/mol. The number of nitrogens with one attached hydrogen (secondary N) is 1. The molecular weight excluding hydrogens is 548 g/mol. The first-order chi connectivity index (χ1) is 16.3. The van der Waals surface area contributed by atoms with Crippen molar-refractivity contribution < 1.29 is 36.6 Å². The number of aromatic nitrogens is 2. The van der Waals surface area contributed by atoms with Crippen LogP contribution in [-0.4, -0.2) is 58.9 Å². The molecule has 1 saturated heterocycles. The molecule has 2 heterocycles. The number of anilines is 1. The Morgan fingerprint density at radius 2 is 1.91 bits per heavy atom. The number of amides is 2. The number of nitrogens with zero attached hydrogens (tertiary/aromatic N) is 3. The number of benzene rings is 1. The lowest BCUT2D eigenvalue weighted by Crippen LogP contribution is -2.41. The second-order valence-corrected chi connectivity index (χ2v) is 8.35. The number of esters is 1. The van der Waals surface area contributed by atoms with E-state index in [9.17, 15) is 36.7 Å². The van der Waals surface area contributed by atoms with Gasteiger partial charge in [0.05, 0.1) is 24.6 Å². The number of carbonyl (C=O) groups excluding carboxylic acids is 2. The van der Waals surface area contributed by atoms with E-state index in [1.165, 1.54) is 12.0 Å². The molecule has 1 atom stereocenters. The van der Waals surface area contributed by atoms with E-state index in [4.69, 9.17) is 4.74 Å². The minimum Gasteiger partial charge on any atom is -0.467 e. The first-order valence-electron chi connectivity index (χ1n) is 9.97. The monoisotopic (exact) mass is 566 g/mol. The van der Waals surface area contributed by atoms with Gasteiger partial charge in [-0.3, -0.25) is 9.36 Å². The van der Waals surface area contributed by atoms with E-state index in [0.29, 0.717) is 6.42 Å². The van der Waals surface area contributed by atoms with E-state index < -0.39 is 52.7 Å². The summed E-state index contributed by atoms with van der Waals surface area (Å²) in [6.07, 6.45) is -4.95. The van der Waals surface area contributed by atoms with Crippen molar-refractivity contribution in [3.63, 3.8) is 0 Å². The SMILES string of the molecule is COC(=O)COC1CCN(C(=O)Nc2cc(-n3c(=O)cc(C(F)(F)F)n(C)c3=O)c(F)cc2Br)C1. The molecule has 190 valence electrons. The van der Waals surface area contributed by atoms with Crippen LogP contribution in [0.15, 0.2) is 32.3 Å². The molecule has 1 aliphatic heterocycles. The predicted octanol–water partition coefficient (Wildman–Crippen LogP) is 2.25. The second-order valence-electron chi connectivity index (χ2n) is 7.50. The number of likely N-dealkylation sites (tertiary alicyclic amines) is 1. The Balaban J connectivity index is 1.87. The molecule has 0 radical (unpaired) electrons. The lowest BCUT2D eigenvalue weighted by molar-refractivity contribution is -0.147. The van der Waals surface area contributed by atoms with Gasteiger partial charge in [-0.25, -0.2) is 23.3 Å². The van der Waals surface area contributed by atoms with Crippen LogP contribution < -0.4 is 16.6 Å². The summed E-state index contributed by atoms with van der Waals surface area (Å²) in [5, 5.41) is 2.50. The van der Waals surface area contributed by atoms with Gasteiger partial charge < -0.3 is 19.7 Å². The van der Waals surface area contributed by atoms with Crippen molar-refractivity contribution in [2.45, 2.75) is 18.7 Å². The molecule has 0 bridgehead atoms. The van der Waals surface area contributed by atoms with E-state index in [1.807, 2.05) is 0 Å². The lowest BCUT2D eigenvalue weighted by Gasteiger charge is -2.19. The van der Waals surface area contributed by atoms with E-state index in [2.05, 4.69) is 26.0 Å². The van der Waals surface area contributed by atoms with Crippen molar-refractivity contribution in [3.8, 4) is 5.69 Å². The molecule has 0 aliphatic carbocycles. The van der Waals surface area contributed by atoms with Gasteiger partial charge in [0.25, 0.3) is 5.56 Å². The van der Waals surface area contributed by atoms with Gasteiger partial charge in [0.15, 0.2) is 0 Å². The first-order valence-corrected chi connectivity index (χ1v) is 10.8. The second kappa shape index (κ2) is 10.2. The molecule has 0 spiro atoms. The fourth-order valence-electron chi connectivity index (χ4n) is 3.41. The van der Waals surface area contributed by atoms with Crippen molar-refractivity contribution in [3.05, 3.63) is 55.0 Å². The molecule has 0 saturated carbocycles. The van der Waals surface area contributed by atoms with E-state index >= 15 is 0 Å². The topological polar surface area (TPSA) is 112 Å². The fourth-order valence-corrected chi connectivity index (χ4v) is 3.83. The van der Waals surface area contributed by atoms with Crippen molar-refractivity contribution in [1.82, 2.24) is 14.0 Å². The first kappa shape index (κ1) is 26.4. The van der Waals surface area contributed by atoms with Gasteiger partial charge in [-0.05, 0) is 34.5 Å². The summed E-state index contributed by atoms with van der Waals surface area (Å²) >= 11 is 3.07. The summed E-state index contributed by atoms with van der Waals surface area (Å²) in [4.78, 5) is 50.1. The van der Waals surface area contributed by atoms with Gasteiger partial charge in [0.1, 0.15) is 18.1 Å². The highest BCUT2D eigenvalue weighted by Gasteiger charge is 2.35. The number of methoxy groups -OCH3 is 1. The quantitative estimate of drug-likeness (QED) is 0.439. The molecule has 10 nitrogen and oxygen atoms in total. The van der Waals surface area contributed by atoms with Gasteiger partial charge >= 0.3 is 23.9 Å². The molecule has 1 aliphatic rings. The number of alkyl halides is 3. The molecular formula is C20H19BrF4N4O6. The highest BCUT2D eigenvalue weighted by Crippen LogP contribution is 2.29. The van der Waals surface area contributed by atoms with E-state index in [1.54, 1.807) is 0 Å². The Morgan fingerprint density at radius 3 is 2.54 bits per heavy atom. The van der Waals surface area contributed by atoms with Crippen LogP contribution in [0.5, 0.6) is 0 Å². The zero-order valence-electron chi connectivity index (χ0n) is 18.3. The molecule has 1 unspecified atom stereocenters. The zero-order valence-corrected chi connectivity index (χ0v) is 19.9. The van der Waals surface area contributed by atoms with E-state index in [-0.39, 0.29) is 45.1 Å². The standard InChI is InChI=1S/C20H19BrF4N4O6/c1-27-15(20(23,24)25)7-16(30)29(19(27)33)14-6-13(11(21)5-12(14)22)26-18(32)28-4-3-10(8-28)35-9-17(31)34-2/h5-7,10H,3-4,8-9H2,1-2H3,(H,26,32). The number of hydrogen-bond donors (Lipinski definition) is 1. The van der Waals surface area contributed by atoms with E-state index in [0.717, 1.165) is 19.2 Å². The minimum absolute atomic E-state index is 0.0424. The van der Waals surface area contributed by atoms with Crippen molar-refractivity contribution >= 4 is 33.6 Å². The largest absolute Gasteiger partial charge is 0.467 e. The van der Waals surface area contributed by atoms with Gasteiger partial charge in [0.2, 0.25) is 0 Å². The number of carbonyl (C=O) groups is 2. The summed E-state index contributed by atoms with van der Waals surface area (Å²) < 4.78 is 64.3. The molecule has 1 aromatic heterocycles. The maximum atomic E-state index is 14.7. The van der Waals surface area contributed by atoms with Crippen LogP contribution in [0.2, 0.25) is 0 Å². The molecule has 1 N–H and O–H groups in total. The van der Waals surface area contributed by atoms with Crippen molar-refractivity contribution in [2.75, 3.05) is 32.1 Å². The lowest BCUT2D eigenvalue weighted by atomic mass is 10.2. The van der Waals surface area contributed by atoms with Gasteiger partial charge in [-0.15, -0.1) is 0 Å². The smallest absolute Gasteiger partial charge is 0.431 e. The number of ether oxygens (including phenoxy) is 2. The molecule has 15 heteroatoms. The summed E-state index contributed by atoms with van der Waals surface area (Å²) in [7, 11) is 2.01. The average Bonchev–Trinajstić information content (AvgIpc) is 3.26. The highest BCUT2D eigenvalue weighted by molar-refractivity contribution is 9.10. The normalized spacial score (nSPS) is 15.9. The summed E-state index contributed by atoms with van der Waals surface area (Å²) in [5.74, 6) is -1.66. The highest BCUT2D eigenvalue weighted by atomic mass is 79.9. The number of halogens is 5. The molecule has 1 aromatic carbocycles. The molecule has 2 aromatic rings. The summed E-state index contributed by atoms with van der Waals surface area (Å²) in [5.41, 5.74) is -5.01. The van der Waals surface area contributed by atoms with Crippen molar-refractivity contribution in [2.24, 2.45) is 7.05 Å². The Bertz CT molecular complexity index is 1280. The Hall–Kier alpha value is -3.20. The third kappa shape index (κ3) is 5.73. The van der Waals surface area contributed by atoms with Gasteiger partial charge in [0, 0.05) is 30.7 Å². The number of rotatable bonds is 5. The Morgan fingerprint density at radius 1 is 1.23 bits per heavy atom. The zero-order chi connectivity index (χ0) is 26.1. The van der Waals surface area contributed by atoms with Crippen LogP contribution in [0.3, 0.4) is 0 Å². The molecule has 35 heavy (non-hydrogen) atoms. The van der Waals surface area contributed by atoms with Crippen LogP contribution in [0.4, 0.5) is 28.0 Å². The van der Waals surface area contributed by atoms with Crippen LogP contribution in [0.1, 0.15) is 12.1 Å². The van der Waals surface area contributed by atoms with Crippen molar-refractivity contribution in [1.29, 1.82) is 0 Å². The van der Waals surface area contributed by atoms with Crippen LogP contribution >= 0.6 is 15.9 Å². The van der Waals surface area contributed by atoms with Crippen LogP contribution in [-0.2, 0) is 27.5 Å².